The number of carbonyl (C=O) groups excluding carboxylic acids is 2. The number of methoxy groups -OCH3 is 1. The number of thioether (sulfide) groups is 1. The quantitative estimate of drug-likeness (QED) is 0.771. The van der Waals surface area contributed by atoms with E-state index >= 15 is 0 Å². The highest BCUT2D eigenvalue weighted by atomic mass is 32.2. The van der Waals surface area contributed by atoms with Crippen molar-refractivity contribution in [3.05, 3.63) is 51.8 Å². The Balaban J connectivity index is 2.26. The zero-order valence-electron chi connectivity index (χ0n) is 13.4. The number of ether oxygens (including phenoxy) is 1. The van der Waals surface area contributed by atoms with Gasteiger partial charge in [-0.25, -0.2) is 4.79 Å². The lowest BCUT2D eigenvalue weighted by molar-refractivity contribution is -0.136. The molecule has 0 saturated carbocycles. The number of amides is 1. The van der Waals surface area contributed by atoms with Gasteiger partial charge in [0.25, 0.3) is 0 Å². The SMILES string of the molecule is COC(=O)C1=C(N)N2C(=O)CCSC2=C(C#N)C1c1ccc(O)cc1. The third-order valence-electron chi connectivity index (χ3n) is 4.08. The topological polar surface area (TPSA) is 117 Å². The van der Waals surface area contributed by atoms with Crippen molar-refractivity contribution < 1.29 is 19.4 Å². The number of carbonyl (C=O) groups is 2. The van der Waals surface area contributed by atoms with E-state index in [4.69, 9.17) is 10.5 Å². The summed E-state index contributed by atoms with van der Waals surface area (Å²) >= 11 is 1.36. The number of esters is 1. The predicted octanol–water partition coefficient (Wildman–Crippen LogP) is 1.53. The first-order valence-electron chi connectivity index (χ1n) is 7.46. The molecule has 1 atom stereocenters. The van der Waals surface area contributed by atoms with Crippen LogP contribution in [0.2, 0.25) is 0 Å². The van der Waals surface area contributed by atoms with Gasteiger partial charge in [0.1, 0.15) is 11.6 Å². The standard InChI is InChI=1S/C17H15N3O4S/c1-24-17(23)14-13(9-2-4-10(21)5-3-9)11(8-18)16-20(15(14)19)12(22)6-7-25-16/h2-5,13,21H,6-7,19H2,1H3. The summed E-state index contributed by atoms with van der Waals surface area (Å²) < 4.78 is 4.84. The van der Waals surface area contributed by atoms with E-state index in [0.29, 0.717) is 16.3 Å². The van der Waals surface area contributed by atoms with E-state index in [1.54, 1.807) is 12.1 Å². The van der Waals surface area contributed by atoms with Crippen molar-refractivity contribution in [2.24, 2.45) is 5.73 Å². The molecule has 1 saturated heterocycles. The average Bonchev–Trinajstić information content (AvgIpc) is 2.61. The van der Waals surface area contributed by atoms with Gasteiger partial charge in [0.05, 0.1) is 35.3 Å². The molecule has 2 aliphatic heterocycles. The van der Waals surface area contributed by atoms with Gasteiger partial charge in [0.2, 0.25) is 5.91 Å². The Kier molecular flexibility index (Phi) is 4.42. The molecular formula is C17H15N3O4S. The summed E-state index contributed by atoms with van der Waals surface area (Å²) in [6.07, 6.45) is 0.270. The number of benzene rings is 1. The van der Waals surface area contributed by atoms with Crippen LogP contribution in [0.5, 0.6) is 5.75 Å². The second-order valence-corrected chi connectivity index (χ2v) is 6.56. The molecule has 7 nitrogen and oxygen atoms in total. The molecule has 3 rings (SSSR count). The predicted molar refractivity (Wildman–Crippen MR) is 90.6 cm³/mol. The molecule has 1 aromatic carbocycles. The van der Waals surface area contributed by atoms with Crippen molar-refractivity contribution in [3.63, 3.8) is 0 Å². The maximum atomic E-state index is 12.4. The number of allylic oxidation sites excluding steroid dienone is 1. The minimum absolute atomic E-state index is 0.0175. The third-order valence-corrected chi connectivity index (χ3v) is 5.17. The molecule has 0 aliphatic carbocycles. The first kappa shape index (κ1) is 16.9. The number of aromatic hydroxyl groups is 1. The maximum Gasteiger partial charge on any atom is 0.338 e. The van der Waals surface area contributed by atoms with Gasteiger partial charge >= 0.3 is 5.97 Å². The highest BCUT2D eigenvalue weighted by molar-refractivity contribution is 8.03. The molecule has 128 valence electrons. The zero-order valence-corrected chi connectivity index (χ0v) is 14.2. The van der Waals surface area contributed by atoms with Crippen LogP contribution < -0.4 is 5.73 Å². The van der Waals surface area contributed by atoms with E-state index in [-0.39, 0.29) is 35.0 Å². The lowest BCUT2D eigenvalue weighted by Crippen LogP contribution is -2.42. The summed E-state index contributed by atoms with van der Waals surface area (Å²) in [7, 11) is 1.22. The van der Waals surface area contributed by atoms with Crippen LogP contribution in [0.4, 0.5) is 0 Å². The monoisotopic (exact) mass is 357 g/mol. The van der Waals surface area contributed by atoms with Gasteiger partial charge in [0.15, 0.2) is 0 Å². The van der Waals surface area contributed by atoms with E-state index in [0.717, 1.165) is 0 Å². The normalized spacial score (nSPS) is 20.2. The summed E-state index contributed by atoms with van der Waals surface area (Å²) in [6.45, 7) is 0. The summed E-state index contributed by atoms with van der Waals surface area (Å²) in [5.41, 5.74) is 7.06. The number of phenols is 1. The van der Waals surface area contributed by atoms with E-state index in [9.17, 15) is 20.0 Å². The van der Waals surface area contributed by atoms with Crippen molar-refractivity contribution in [1.82, 2.24) is 4.90 Å². The minimum atomic E-state index is -0.761. The van der Waals surface area contributed by atoms with E-state index in [1.807, 2.05) is 0 Å². The number of phenolic OH excluding ortho intramolecular Hbond substituents is 1. The molecule has 1 unspecified atom stereocenters. The Morgan fingerprint density at radius 2 is 2.12 bits per heavy atom. The number of rotatable bonds is 2. The molecule has 0 spiro atoms. The summed E-state index contributed by atoms with van der Waals surface area (Å²) in [6, 6.07) is 8.27. The fourth-order valence-corrected chi connectivity index (χ4v) is 4.07. The molecule has 1 amide bonds. The van der Waals surface area contributed by atoms with Crippen LogP contribution in [0.3, 0.4) is 0 Å². The number of hydrogen-bond acceptors (Lipinski definition) is 7. The number of hydrogen-bond donors (Lipinski definition) is 2. The van der Waals surface area contributed by atoms with Gasteiger partial charge in [0, 0.05) is 12.2 Å². The van der Waals surface area contributed by atoms with Gasteiger partial charge in [-0.15, -0.1) is 11.8 Å². The molecule has 0 aromatic heterocycles. The Bertz CT molecular complexity index is 852. The summed E-state index contributed by atoms with van der Waals surface area (Å²) in [5.74, 6) is -1.14. The van der Waals surface area contributed by atoms with Gasteiger partial charge in [-0.2, -0.15) is 5.26 Å². The molecule has 1 fully saturated rings. The van der Waals surface area contributed by atoms with Crippen LogP contribution in [0.1, 0.15) is 17.9 Å². The van der Waals surface area contributed by atoms with Crippen molar-refractivity contribution in [2.75, 3.05) is 12.9 Å². The van der Waals surface area contributed by atoms with E-state index in [2.05, 4.69) is 6.07 Å². The minimum Gasteiger partial charge on any atom is -0.508 e. The first-order valence-corrected chi connectivity index (χ1v) is 8.45. The Hall–Kier alpha value is -2.92. The second kappa shape index (κ2) is 6.53. The fourth-order valence-electron chi connectivity index (χ4n) is 2.95. The molecule has 3 N–H and O–H groups in total. The van der Waals surface area contributed by atoms with Gasteiger partial charge in [-0.3, -0.25) is 9.69 Å². The Morgan fingerprint density at radius 3 is 2.72 bits per heavy atom. The number of nitrogens with two attached hydrogens (primary N) is 1. The number of nitrogens with zero attached hydrogens (tertiary/aromatic N) is 2. The molecule has 0 radical (unpaired) electrons. The molecule has 1 aromatic rings. The Morgan fingerprint density at radius 1 is 1.44 bits per heavy atom. The lowest BCUT2D eigenvalue weighted by atomic mass is 9.83. The number of fused-ring (bicyclic) bond motifs is 1. The second-order valence-electron chi connectivity index (χ2n) is 5.47. The van der Waals surface area contributed by atoms with Gasteiger partial charge in [-0.05, 0) is 17.7 Å². The van der Waals surface area contributed by atoms with E-state index in [1.165, 1.54) is 35.9 Å². The van der Waals surface area contributed by atoms with Crippen LogP contribution in [-0.2, 0) is 14.3 Å². The van der Waals surface area contributed by atoms with Crippen LogP contribution >= 0.6 is 11.8 Å². The van der Waals surface area contributed by atoms with Crippen LogP contribution in [0, 0.1) is 11.3 Å². The fraction of sp³-hybridized carbons (Fsp3) is 0.235. The van der Waals surface area contributed by atoms with Crippen molar-refractivity contribution in [1.29, 1.82) is 5.26 Å². The largest absolute Gasteiger partial charge is 0.508 e. The van der Waals surface area contributed by atoms with Crippen LogP contribution in [-0.4, -0.2) is 34.7 Å². The highest BCUT2D eigenvalue weighted by Crippen LogP contribution is 2.46. The molecule has 8 heteroatoms. The Labute approximate surface area is 148 Å². The average molecular weight is 357 g/mol. The highest BCUT2D eigenvalue weighted by Gasteiger charge is 2.42. The third kappa shape index (κ3) is 2.72. The smallest absolute Gasteiger partial charge is 0.338 e. The lowest BCUT2D eigenvalue weighted by Gasteiger charge is -2.37. The van der Waals surface area contributed by atoms with Gasteiger partial charge < -0.3 is 15.6 Å². The maximum absolute atomic E-state index is 12.4. The molecule has 0 bridgehead atoms. The van der Waals surface area contributed by atoms with Crippen LogP contribution in [0.25, 0.3) is 0 Å². The van der Waals surface area contributed by atoms with Crippen molar-refractivity contribution in [3.8, 4) is 11.8 Å². The number of nitriles is 1. The molecule has 2 heterocycles. The first-order chi connectivity index (χ1) is 12.0. The molecular weight excluding hydrogens is 342 g/mol. The summed E-state index contributed by atoms with van der Waals surface area (Å²) in [4.78, 5) is 25.9. The summed E-state index contributed by atoms with van der Waals surface area (Å²) in [5, 5.41) is 19.7. The zero-order chi connectivity index (χ0) is 18.1. The van der Waals surface area contributed by atoms with Crippen molar-refractivity contribution >= 4 is 23.6 Å². The van der Waals surface area contributed by atoms with Crippen LogP contribution in [0.15, 0.2) is 46.3 Å². The molecule has 25 heavy (non-hydrogen) atoms. The van der Waals surface area contributed by atoms with E-state index < -0.39 is 11.9 Å². The van der Waals surface area contributed by atoms with Crippen molar-refractivity contribution in [2.45, 2.75) is 12.3 Å². The molecule has 2 aliphatic rings. The van der Waals surface area contributed by atoms with Gasteiger partial charge in [-0.1, -0.05) is 12.1 Å².